The van der Waals surface area contributed by atoms with Crippen molar-refractivity contribution in [3.05, 3.63) is 29.8 Å². The molecule has 16 heavy (non-hydrogen) atoms. The topological polar surface area (TPSA) is 63.7 Å². The van der Waals surface area contributed by atoms with Crippen LogP contribution in [0.3, 0.4) is 0 Å². The van der Waals surface area contributed by atoms with Gasteiger partial charge < -0.3 is 4.74 Å². The van der Waals surface area contributed by atoms with Gasteiger partial charge in [-0.25, -0.2) is 0 Å². The SMILES string of the molecule is CC.COCc1ccc(-c2nn[nH]n2)cc1. The van der Waals surface area contributed by atoms with E-state index < -0.39 is 0 Å². The highest BCUT2D eigenvalue weighted by molar-refractivity contribution is 5.53. The number of methoxy groups -OCH3 is 1. The Morgan fingerprint density at radius 3 is 2.38 bits per heavy atom. The van der Waals surface area contributed by atoms with Gasteiger partial charge in [0, 0.05) is 12.7 Å². The standard InChI is InChI=1S/C9H10N4O.C2H6/c1-14-6-7-2-4-8(5-3-7)9-10-12-13-11-9;1-2/h2-5H,6H2,1H3,(H,10,11,12,13);1-2H3. The van der Waals surface area contributed by atoms with Gasteiger partial charge in [0.2, 0.25) is 5.82 Å². The van der Waals surface area contributed by atoms with Crippen LogP contribution < -0.4 is 0 Å². The molecule has 2 rings (SSSR count). The molecule has 1 aromatic carbocycles. The number of H-pyrrole nitrogens is 1. The van der Waals surface area contributed by atoms with Crippen LogP contribution in [-0.2, 0) is 11.3 Å². The number of nitrogens with zero attached hydrogens (tertiary/aromatic N) is 3. The summed E-state index contributed by atoms with van der Waals surface area (Å²) in [6, 6.07) is 7.85. The fourth-order valence-electron chi connectivity index (χ4n) is 1.20. The summed E-state index contributed by atoms with van der Waals surface area (Å²) >= 11 is 0. The van der Waals surface area contributed by atoms with Crippen molar-refractivity contribution in [3.63, 3.8) is 0 Å². The molecule has 0 radical (unpaired) electrons. The van der Waals surface area contributed by atoms with E-state index in [9.17, 15) is 0 Å². The third-order valence-corrected chi connectivity index (χ3v) is 1.87. The molecule has 86 valence electrons. The summed E-state index contributed by atoms with van der Waals surface area (Å²) in [6.45, 7) is 4.62. The van der Waals surface area contributed by atoms with Crippen LogP contribution in [0.1, 0.15) is 19.4 Å². The van der Waals surface area contributed by atoms with Gasteiger partial charge in [0.25, 0.3) is 0 Å². The van der Waals surface area contributed by atoms with Crippen LogP contribution in [0.5, 0.6) is 0 Å². The lowest BCUT2D eigenvalue weighted by atomic mass is 10.1. The van der Waals surface area contributed by atoms with Crippen molar-refractivity contribution in [3.8, 4) is 11.4 Å². The molecule has 5 heteroatoms. The number of rotatable bonds is 3. The maximum atomic E-state index is 5.01. The first-order valence-corrected chi connectivity index (χ1v) is 5.22. The summed E-state index contributed by atoms with van der Waals surface area (Å²) in [5, 5.41) is 13.7. The largest absolute Gasteiger partial charge is 0.380 e. The van der Waals surface area contributed by atoms with Gasteiger partial charge in [-0.05, 0) is 10.8 Å². The molecule has 1 N–H and O–H groups in total. The molecule has 2 aromatic rings. The van der Waals surface area contributed by atoms with Gasteiger partial charge in [-0.15, -0.1) is 10.2 Å². The molecule has 0 saturated carbocycles. The number of benzene rings is 1. The van der Waals surface area contributed by atoms with Gasteiger partial charge in [0.1, 0.15) is 0 Å². The van der Waals surface area contributed by atoms with E-state index in [-0.39, 0.29) is 0 Å². The van der Waals surface area contributed by atoms with Crippen molar-refractivity contribution in [2.24, 2.45) is 0 Å². The van der Waals surface area contributed by atoms with Gasteiger partial charge in [0.15, 0.2) is 0 Å². The monoisotopic (exact) mass is 220 g/mol. The number of hydrogen-bond acceptors (Lipinski definition) is 4. The molecule has 1 heterocycles. The van der Waals surface area contributed by atoms with Gasteiger partial charge >= 0.3 is 0 Å². The fourth-order valence-corrected chi connectivity index (χ4v) is 1.20. The average Bonchev–Trinajstić information content (AvgIpc) is 2.87. The van der Waals surface area contributed by atoms with E-state index in [1.807, 2.05) is 38.1 Å². The fraction of sp³-hybridized carbons (Fsp3) is 0.364. The smallest absolute Gasteiger partial charge is 0.204 e. The quantitative estimate of drug-likeness (QED) is 0.859. The third-order valence-electron chi connectivity index (χ3n) is 1.87. The highest BCUT2D eigenvalue weighted by Crippen LogP contribution is 2.13. The van der Waals surface area contributed by atoms with E-state index >= 15 is 0 Å². The maximum Gasteiger partial charge on any atom is 0.204 e. The molecule has 0 spiro atoms. The summed E-state index contributed by atoms with van der Waals surface area (Å²) in [7, 11) is 1.67. The van der Waals surface area contributed by atoms with Crippen LogP contribution in [0.4, 0.5) is 0 Å². The Labute approximate surface area is 94.8 Å². The van der Waals surface area contributed by atoms with E-state index in [0.717, 1.165) is 11.1 Å². The van der Waals surface area contributed by atoms with Crippen LogP contribution in [0, 0.1) is 0 Å². The first-order valence-electron chi connectivity index (χ1n) is 5.22. The van der Waals surface area contributed by atoms with Crippen LogP contribution in [0.2, 0.25) is 0 Å². The van der Waals surface area contributed by atoms with Crippen molar-refractivity contribution < 1.29 is 4.74 Å². The van der Waals surface area contributed by atoms with Crippen molar-refractivity contribution in [1.82, 2.24) is 20.6 Å². The van der Waals surface area contributed by atoms with E-state index in [1.165, 1.54) is 0 Å². The average molecular weight is 220 g/mol. The first-order chi connectivity index (χ1) is 7.90. The lowest BCUT2D eigenvalue weighted by Crippen LogP contribution is -1.87. The molecule has 0 fully saturated rings. The normalized spacial score (nSPS) is 9.44. The summed E-state index contributed by atoms with van der Waals surface area (Å²) in [5.74, 6) is 0.606. The second kappa shape index (κ2) is 6.68. The van der Waals surface area contributed by atoms with Crippen LogP contribution >= 0.6 is 0 Å². The molecular weight excluding hydrogens is 204 g/mol. The molecule has 1 aromatic heterocycles. The lowest BCUT2D eigenvalue weighted by molar-refractivity contribution is 0.185. The predicted molar refractivity (Wildman–Crippen MR) is 61.7 cm³/mol. The Morgan fingerprint density at radius 1 is 1.19 bits per heavy atom. The number of hydrogen-bond donors (Lipinski definition) is 1. The summed E-state index contributed by atoms with van der Waals surface area (Å²) in [6.07, 6.45) is 0. The van der Waals surface area contributed by atoms with E-state index in [0.29, 0.717) is 12.4 Å². The summed E-state index contributed by atoms with van der Waals surface area (Å²) in [5.41, 5.74) is 2.07. The van der Waals surface area contributed by atoms with Crippen molar-refractivity contribution in [1.29, 1.82) is 0 Å². The third kappa shape index (κ3) is 3.13. The molecule has 0 unspecified atom stereocenters. The van der Waals surface area contributed by atoms with Crippen LogP contribution in [0.25, 0.3) is 11.4 Å². The van der Waals surface area contributed by atoms with Crippen molar-refractivity contribution in [2.45, 2.75) is 20.5 Å². The predicted octanol–water partition coefficient (Wildman–Crippen LogP) is 2.04. The molecule has 0 aliphatic heterocycles. The molecule has 0 saturated heterocycles. The molecule has 0 aliphatic carbocycles. The maximum absolute atomic E-state index is 5.01. The minimum atomic E-state index is 0.606. The second-order valence-electron chi connectivity index (χ2n) is 2.87. The zero-order valence-corrected chi connectivity index (χ0v) is 9.77. The van der Waals surface area contributed by atoms with Gasteiger partial charge in [-0.2, -0.15) is 5.21 Å². The Kier molecular flexibility index (Phi) is 5.15. The number of tetrazole rings is 1. The highest BCUT2D eigenvalue weighted by atomic mass is 16.5. The minimum Gasteiger partial charge on any atom is -0.380 e. The molecule has 0 aliphatic rings. The summed E-state index contributed by atoms with van der Waals surface area (Å²) < 4.78 is 5.01. The number of ether oxygens (including phenoxy) is 1. The molecular formula is C11H16N4O. The number of nitrogens with one attached hydrogen (secondary N) is 1. The molecule has 0 bridgehead atoms. The Bertz CT molecular complexity index is 383. The van der Waals surface area contributed by atoms with E-state index in [4.69, 9.17) is 4.74 Å². The summed E-state index contributed by atoms with van der Waals surface area (Å²) in [4.78, 5) is 0. The number of aromatic amines is 1. The van der Waals surface area contributed by atoms with E-state index in [2.05, 4.69) is 20.6 Å². The Balaban J connectivity index is 0.000000606. The zero-order chi connectivity index (χ0) is 11.8. The minimum absolute atomic E-state index is 0.606. The van der Waals surface area contributed by atoms with E-state index in [1.54, 1.807) is 7.11 Å². The molecule has 5 nitrogen and oxygen atoms in total. The van der Waals surface area contributed by atoms with Crippen molar-refractivity contribution >= 4 is 0 Å². The lowest BCUT2D eigenvalue weighted by Gasteiger charge is -1.99. The Hall–Kier alpha value is -1.75. The Morgan fingerprint density at radius 2 is 1.88 bits per heavy atom. The van der Waals surface area contributed by atoms with Crippen molar-refractivity contribution in [2.75, 3.05) is 7.11 Å². The first kappa shape index (κ1) is 12.3. The van der Waals surface area contributed by atoms with Crippen LogP contribution in [0.15, 0.2) is 24.3 Å². The highest BCUT2D eigenvalue weighted by Gasteiger charge is 2.01. The van der Waals surface area contributed by atoms with Gasteiger partial charge in [-0.3, -0.25) is 0 Å². The number of aromatic nitrogens is 4. The zero-order valence-electron chi connectivity index (χ0n) is 9.77. The molecule has 0 atom stereocenters. The second-order valence-corrected chi connectivity index (χ2v) is 2.87. The van der Waals surface area contributed by atoms with Crippen LogP contribution in [-0.4, -0.2) is 27.7 Å². The van der Waals surface area contributed by atoms with Gasteiger partial charge in [0.05, 0.1) is 6.61 Å². The van der Waals surface area contributed by atoms with Gasteiger partial charge in [-0.1, -0.05) is 38.1 Å². The molecule has 0 amide bonds.